The lowest BCUT2D eigenvalue weighted by molar-refractivity contribution is 0.434. The van der Waals surface area contributed by atoms with E-state index < -0.39 is 0 Å². The monoisotopic (exact) mass is 193 g/mol. The SMILES string of the molecule is CCCn1cc(C2(C)CCCN2)cn1. The van der Waals surface area contributed by atoms with Crippen LogP contribution in [-0.4, -0.2) is 16.3 Å². The van der Waals surface area contributed by atoms with E-state index >= 15 is 0 Å². The van der Waals surface area contributed by atoms with Gasteiger partial charge in [0.25, 0.3) is 0 Å². The van der Waals surface area contributed by atoms with Gasteiger partial charge in [0, 0.05) is 23.8 Å². The van der Waals surface area contributed by atoms with Gasteiger partial charge in [0.2, 0.25) is 0 Å². The molecule has 2 heterocycles. The molecule has 1 saturated heterocycles. The molecule has 0 spiro atoms. The first-order chi connectivity index (χ1) is 6.74. The third-order valence-corrected chi connectivity index (χ3v) is 3.09. The van der Waals surface area contributed by atoms with Gasteiger partial charge in [-0.25, -0.2) is 0 Å². The standard InChI is InChI=1S/C11H19N3/c1-3-7-14-9-10(8-13-14)11(2)5-4-6-12-11/h8-9,12H,3-7H2,1-2H3. The van der Waals surface area contributed by atoms with Gasteiger partial charge in [-0.15, -0.1) is 0 Å². The molecule has 1 aliphatic heterocycles. The molecule has 2 rings (SSSR count). The molecule has 0 aromatic carbocycles. The zero-order chi connectivity index (χ0) is 10.0. The third kappa shape index (κ3) is 1.69. The normalized spacial score (nSPS) is 27.0. The van der Waals surface area contributed by atoms with Crippen molar-refractivity contribution in [2.75, 3.05) is 6.54 Å². The number of rotatable bonds is 3. The average Bonchev–Trinajstić information content (AvgIpc) is 2.75. The van der Waals surface area contributed by atoms with E-state index in [9.17, 15) is 0 Å². The minimum absolute atomic E-state index is 0.173. The molecular formula is C11H19N3. The minimum Gasteiger partial charge on any atom is -0.308 e. The molecule has 0 bridgehead atoms. The van der Waals surface area contributed by atoms with Gasteiger partial charge in [0.15, 0.2) is 0 Å². The molecule has 1 aromatic heterocycles. The Bertz CT molecular complexity index is 297. The first kappa shape index (κ1) is 9.71. The van der Waals surface area contributed by atoms with Crippen LogP contribution in [-0.2, 0) is 12.1 Å². The number of aryl methyl sites for hydroxylation is 1. The zero-order valence-corrected chi connectivity index (χ0v) is 9.08. The summed E-state index contributed by atoms with van der Waals surface area (Å²) in [6.45, 7) is 6.61. The molecule has 1 N–H and O–H groups in total. The van der Waals surface area contributed by atoms with Gasteiger partial charge < -0.3 is 5.32 Å². The fourth-order valence-electron chi connectivity index (χ4n) is 2.14. The minimum atomic E-state index is 0.173. The van der Waals surface area contributed by atoms with Crippen molar-refractivity contribution >= 4 is 0 Å². The Balaban J connectivity index is 2.15. The Morgan fingerprint density at radius 3 is 3.14 bits per heavy atom. The van der Waals surface area contributed by atoms with E-state index in [1.165, 1.54) is 18.4 Å². The third-order valence-electron chi connectivity index (χ3n) is 3.09. The first-order valence-electron chi connectivity index (χ1n) is 5.52. The molecule has 1 aliphatic rings. The molecule has 3 heteroatoms. The van der Waals surface area contributed by atoms with Crippen molar-refractivity contribution in [1.29, 1.82) is 0 Å². The smallest absolute Gasteiger partial charge is 0.0540 e. The summed E-state index contributed by atoms with van der Waals surface area (Å²) in [6.07, 6.45) is 7.83. The lowest BCUT2D eigenvalue weighted by atomic mass is 9.93. The average molecular weight is 193 g/mol. The van der Waals surface area contributed by atoms with Gasteiger partial charge in [-0.05, 0) is 32.7 Å². The summed E-state index contributed by atoms with van der Waals surface area (Å²) in [5, 5.41) is 7.92. The van der Waals surface area contributed by atoms with Crippen molar-refractivity contribution in [3.63, 3.8) is 0 Å². The molecule has 0 aliphatic carbocycles. The van der Waals surface area contributed by atoms with Gasteiger partial charge in [0.05, 0.1) is 6.20 Å². The molecule has 1 atom stereocenters. The van der Waals surface area contributed by atoms with Crippen molar-refractivity contribution in [3.8, 4) is 0 Å². The topological polar surface area (TPSA) is 29.9 Å². The van der Waals surface area contributed by atoms with E-state index in [-0.39, 0.29) is 5.54 Å². The van der Waals surface area contributed by atoms with Crippen LogP contribution in [0.15, 0.2) is 12.4 Å². The molecule has 1 unspecified atom stereocenters. The number of nitrogens with zero attached hydrogens (tertiary/aromatic N) is 2. The van der Waals surface area contributed by atoms with Gasteiger partial charge in [-0.3, -0.25) is 4.68 Å². The molecule has 14 heavy (non-hydrogen) atoms. The van der Waals surface area contributed by atoms with Crippen molar-refractivity contribution in [2.24, 2.45) is 0 Å². The highest BCUT2D eigenvalue weighted by molar-refractivity contribution is 5.18. The molecule has 3 nitrogen and oxygen atoms in total. The maximum atomic E-state index is 4.37. The Morgan fingerprint density at radius 1 is 1.64 bits per heavy atom. The maximum Gasteiger partial charge on any atom is 0.0540 e. The number of nitrogens with one attached hydrogen (secondary N) is 1. The van der Waals surface area contributed by atoms with Crippen LogP contribution in [0.2, 0.25) is 0 Å². The fraction of sp³-hybridized carbons (Fsp3) is 0.727. The first-order valence-corrected chi connectivity index (χ1v) is 5.52. The molecule has 0 radical (unpaired) electrons. The van der Waals surface area contributed by atoms with Crippen molar-refractivity contribution in [3.05, 3.63) is 18.0 Å². The number of hydrogen-bond acceptors (Lipinski definition) is 2. The zero-order valence-electron chi connectivity index (χ0n) is 9.08. The predicted octanol–water partition coefficient (Wildman–Crippen LogP) is 1.89. The maximum absolute atomic E-state index is 4.37. The second-order valence-corrected chi connectivity index (χ2v) is 4.35. The van der Waals surface area contributed by atoms with Crippen LogP contribution in [0.5, 0.6) is 0 Å². The lowest BCUT2D eigenvalue weighted by Gasteiger charge is -2.22. The van der Waals surface area contributed by atoms with E-state index in [1.807, 2.05) is 10.9 Å². The number of hydrogen-bond donors (Lipinski definition) is 1. The summed E-state index contributed by atoms with van der Waals surface area (Å²) in [5.74, 6) is 0. The quantitative estimate of drug-likeness (QED) is 0.794. The highest BCUT2D eigenvalue weighted by Crippen LogP contribution is 2.29. The summed E-state index contributed by atoms with van der Waals surface area (Å²) >= 11 is 0. The van der Waals surface area contributed by atoms with Crippen LogP contribution in [0.25, 0.3) is 0 Å². The fourth-order valence-corrected chi connectivity index (χ4v) is 2.14. The van der Waals surface area contributed by atoms with Gasteiger partial charge in [-0.2, -0.15) is 5.10 Å². The summed E-state index contributed by atoms with van der Waals surface area (Å²) < 4.78 is 2.04. The Hall–Kier alpha value is -0.830. The van der Waals surface area contributed by atoms with Crippen LogP contribution < -0.4 is 5.32 Å². The lowest BCUT2D eigenvalue weighted by Crippen LogP contribution is -2.32. The van der Waals surface area contributed by atoms with Gasteiger partial charge in [0.1, 0.15) is 0 Å². The second kappa shape index (κ2) is 3.73. The van der Waals surface area contributed by atoms with Crippen LogP contribution in [0.1, 0.15) is 38.7 Å². The van der Waals surface area contributed by atoms with Crippen molar-refractivity contribution < 1.29 is 0 Å². The van der Waals surface area contributed by atoms with E-state index in [1.54, 1.807) is 0 Å². The van der Waals surface area contributed by atoms with Gasteiger partial charge in [-0.1, -0.05) is 6.92 Å². The van der Waals surface area contributed by atoms with E-state index in [0.717, 1.165) is 19.5 Å². The van der Waals surface area contributed by atoms with E-state index in [0.29, 0.717) is 0 Å². The van der Waals surface area contributed by atoms with Crippen LogP contribution in [0.3, 0.4) is 0 Å². The summed E-state index contributed by atoms with van der Waals surface area (Å²) in [7, 11) is 0. The summed E-state index contributed by atoms with van der Waals surface area (Å²) in [4.78, 5) is 0. The Labute approximate surface area is 85.5 Å². The largest absolute Gasteiger partial charge is 0.308 e. The summed E-state index contributed by atoms with van der Waals surface area (Å²) in [6, 6.07) is 0. The number of aromatic nitrogens is 2. The van der Waals surface area contributed by atoms with Gasteiger partial charge >= 0.3 is 0 Å². The molecular weight excluding hydrogens is 174 g/mol. The van der Waals surface area contributed by atoms with Crippen LogP contribution in [0, 0.1) is 0 Å². The van der Waals surface area contributed by atoms with Crippen molar-refractivity contribution in [1.82, 2.24) is 15.1 Å². The van der Waals surface area contributed by atoms with E-state index in [2.05, 4.69) is 30.5 Å². The second-order valence-electron chi connectivity index (χ2n) is 4.35. The molecule has 0 saturated carbocycles. The molecule has 1 fully saturated rings. The highest BCUT2D eigenvalue weighted by atomic mass is 15.3. The van der Waals surface area contributed by atoms with Crippen LogP contribution >= 0.6 is 0 Å². The Morgan fingerprint density at radius 2 is 2.50 bits per heavy atom. The summed E-state index contributed by atoms with van der Waals surface area (Å²) in [5.41, 5.74) is 1.51. The molecule has 78 valence electrons. The Kier molecular flexibility index (Phi) is 2.59. The highest BCUT2D eigenvalue weighted by Gasteiger charge is 2.30. The van der Waals surface area contributed by atoms with Crippen LogP contribution in [0.4, 0.5) is 0 Å². The molecule has 1 aromatic rings. The predicted molar refractivity (Wildman–Crippen MR) is 57.1 cm³/mol. The van der Waals surface area contributed by atoms with E-state index in [4.69, 9.17) is 0 Å². The molecule has 0 amide bonds. The van der Waals surface area contributed by atoms with Crippen molar-refractivity contribution in [2.45, 2.75) is 45.2 Å².